The van der Waals surface area contributed by atoms with Crippen molar-refractivity contribution in [2.24, 2.45) is 0 Å². The van der Waals surface area contributed by atoms with Crippen molar-refractivity contribution in [2.45, 2.75) is 0 Å². The summed E-state index contributed by atoms with van der Waals surface area (Å²) in [5.41, 5.74) is 0.797. The van der Waals surface area contributed by atoms with Gasteiger partial charge in [-0.25, -0.2) is 0 Å². The maximum atomic E-state index is 9.02. The van der Waals surface area contributed by atoms with E-state index in [1.165, 1.54) is 9.13 Å². The molecule has 0 unspecified atom stereocenters. The van der Waals surface area contributed by atoms with Gasteiger partial charge in [0.15, 0.2) is 8.07 Å². The van der Waals surface area contributed by atoms with Crippen molar-refractivity contribution in [2.75, 3.05) is 0 Å². The van der Waals surface area contributed by atoms with Gasteiger partial charge in [-0.3, -0.25) is 0 Å². The lowest BCUT2D eigenvalue weighted by Gasteiger charge is -2.34. The Balaban J connectivity index is 1.25. The van der Waals surface area contributed by atoms with E-state index >= 15 is 0 Å². The Morgan fingerprint density at radius 3 is 0.902 bits per heavy atom. The van der Waals surface area contributed by atoms with E-state index in [4.69, 9.17) is 21.9 Å². The van der Waals surface area contributed by atoms with Crippen LogP contribution in [0.5, 0.6) is 0 Å². The number of benzene rings is 8. The minimum atomic E-state index is -3.38. The molecular formula is C48H34N2Si. The van der Waals surface area contributed by atoms with Gasteiger partial charge >= 0.3 is 0 Å². The Hall–Kier alpha value is -6.42. The van der Waals surface area contributed by atoms with E-state index in [0.29, 0.717) is 11.4 Å². The molecule has 0 amide bonds. The van der Waals surface area contributed by atoms with Gasteiger partial charge in [0.1, 0.15) is 0 Å². The van der Waals surface area contributed by atoms with Crippen molar-refractivity contribution in [3.05, 3.63) is 206 Å². The molecule has 8 aromatic carbocycles. The van der Waals surface area contributed by atoms with Crippen molar-refractivity contribution in [1.82, 2.24) is 9.13 Å². The molecule has 2 nitrogen and oxygen atoms in total. The van der Waals surface area contributed by atoms with Gasteiger partial charge in [0, 0.05) is 32.9 Å². The molecule has 0 aliphatic rings. The summed E-state index contributed by atoms with van der Waals surface area (Å²) < 4.78 is 143. The third-order valence-corrected chi connectivity index (χ3v) is 14.4. The molecule has 0 saturated heterocycles. The average molecular weight is 683 g/mol. The smallest absolute Gasteiger partial charge is 0.179 e. The Morgan fingerprint density at radius 1 is 0.314 bits per heavy atom. The van der Waals surface area contributed by atoms with Crippen molar-refractivity contribution < 1.29 is 21.9 Å². The molecule has 0 fully saturated rings. The molecule has 2 heterocycles. The van der Waals surface area contributed by atoms with E-state index in [9.17, 15) is 0 Å². The highest BCUT2D eigenvalue weighted by molar-refractivity contribution is 7.19. The average Bonchev–Trinajstić information content (AvgIpc) is 3.91. The van der Waals surface area contributed by atoms with Gasteiger partial charge in [0.25, 0.3) is 0 Å². The molecule has 3 heteroatoms. The first-order chi connectivity index (χ1) is 32.0. The topological polar surface area (TPSA) is 9.86 Å². The molecule has 0 bridgehead atoms. The normalized spacial score (nSPS) is 16.3. The minimum absolute atomic E-state index is 0.00532. The second-order valence-corrected chi connectivity index (χ2v) is 16.0. The maximum Gasteiger partial charge on any atom is 0.179 e. The van der Waals surface area contributed by atoms with Crippen molar-refractivity contribution in [3.8, 4) is 11.4 Å². The number of aromatic nitrogens is 2. The van der Waals surface area contributed by atoms with E-state index in [1.54, 1.807) is 24.3 Å². The minimum Gasteiger partial charge on any atom is -0.309 e. The maximum absolute atomic E-state index is 9.02. The highest BCUT2D eigenvalue weighted by atomic mass is 28.3. The summed E-state index contributed by atoms with van der Waals surface area (Å²) in [5.74, 6) is 0. The molecule has 0 spiro atoms. The summed E-state index contributed by atoms with van der Waals surface area (Å²) in [5, 5.41) is 3.58. The van der Waals surface area contributed by atoms with Crippen LogP contribution in [0.2, 0.25) is 0 Å². The van der Waals surface area contributed by atoms with Crippen LogP contribution in [-0.2, 0) is 0 Å². The Morgan fingerprint density at radius 2 is 0.588 bits per heavy atom. The molecule has 10 rings (SSSR count). The van der Waals surface area contributed by atoms with E-state index in [2.05, 4.69) is 0 Å². The van der Waals surface area contributed by atoms with Crippen molar-refractivity contribution in [1.29, 1.82) is 0 Å². The molecule has 0 N–H and O–H groups in total. The molecule has 51 heavy (non-hydrogen) atoms. The largest absolute Gasteiger partial charge is 0.309 e. The molecule has 0 aliphatic carbocycles. The highest BCUT2D eigenvalue weighted by Gasteiger charge is 2.41. The van der Waals surface area contributed by atoms with Gasteiger partial charge in [-0.2, -0.15) is 0 Å². The lowest BCUT2D eigenvalue weighted by molar-refractivity contribution is 1.18. The van der Waals surface area contributed by atoms with Crippen LogP contribution in [0.3, 0.4) is 0 Å². The standard InChI is InChI=1S/C48H34N2Si/c1-3-15-37(16-4-1)51(38-17-5-2-6-18-38,39-31-27-35(28-32-39)49-45-23-11-7-19-41(45)42-20-8-12-24-46(42)49)40-33-29-36(30-34-40)50-47-25-13-9-21-43(47)44-22-10-14-26-48(44)50/h1-34H/i7D,8D,9D,10D,11D,12D,13D,14D,19D,20D,21D,22D,23D,24D,25D,26D. The summed E-state index contributed by atoms with van der Waals surface area (Å²) in [7, 11) is -3.38. The number of hydrogen-bond donors (Lipinski definition) is 0. The Labute approximate surface area is 320 Å². The Kier molecular flexibility index (Phi) is 4.07. The first-order valence-electron chi connectivity index (χ1n) is 24.3. The number of para-hydroxylation sites is 4. The van der Waals surface area contributed by atoms with Gasteiger partial charge in [0.05, 0.1) is 44.0 Å². The van der Waals surface area contributed by atoms with Gasteiger partial charge in [-0.15, -0.1) is 0 Å². The fraction of sp³-hybridized carbons (Fsp3) is 0. The highest BCUT2D eigenvalue weighted by Crippen LogP contribution is 2.33. The lowest BCUT2D eigenvalue weighted by Crippen LogP contribution is -2.74. The molecule has 0 saturated carbocycles. The van der Waals surface area contributed by atoms with E-state index in [1.807, 2.05) is 84.9 Å². The molecular weight excluding hydrogens is 633 g/mol. The van der Waals surface area contributed by atoms with Gasteiger partial charge in [-0.1, -0.05) is 157 Å². The van der Waals surface area contributed by atoms with Crippen LogP contribution in [0.25, 0.3) is 55.0 Å². The SMILES string of the molecule is [2H]c1c([2H])c([2H])c2c(c1[2H])c1c([2H])c([2H])c([2H])c([2H])c1n2-c1ccc([Si](c2ccccc2)(c2ccccc2)c2ccc(-n3c4c([2H])c([2H])c([2H])c([2H])c4c4c([2H])c([2H])c([2H])c([2H])c43)cc2)cc1. The van der Waals surface area contributed by atoms with Crippen LogP contribution < -0.4 is 20.7 Å². The first-order valence-corrected chi connectivity index (χ1v) is 18.3. The second kappa shape index (κ2) is 11.9. The van der Waals surface area contributed by atoms with Gasteiger partial charge in [0.2, 0.25) is 0 Å². The number of nitrogens with zero attached hydrogens (tertiary/aromatic N) is 2. The second-order valence-electron chi connectivity index (χ2n) is 12.1. The first kappa shape index (κ1) is 17.5. The zero-order valence-corrected chi connectivity index (χ0v) is 27.8. The van der Waals surface area contributed by atoms with Gasteiger partial charge in [-0.05, 0) is 69.2 Å². The third-order valence-electron chi connectivity index (χ3n) is 9.60. The fourth-order valence-electron chi connectivity index (χ4n) is 7.46. The van der Waals surface area contributed by atoms with Crippen LogP contribution in [0, 0.1) is 0 Å². The molecule has 2 aromatic heterocycles. The number of hydrogen-bond acceptors (Lipinski definition) is 0. The van der Waals surface area contributed by atoms with E-state index in [0.717, 1.165) is 20.7 Å². The molecule has 240 valence electrons. The summed E-state index contributed by atoms with van der Waals surface area (Å²) in [6, 6.07) is 27.1. The number of fused-ring (bicyclic) bond motifs is 6. The zero-order chi connectivity index (χ0) is 47.7. The predicted molar refractivity (Wildman–Crippen MR) is 219 cm³/mol. The van der Waals surface area contributed by atoms with E-state index < -0.39 is 105 Å². The van der Waals surface area contributed by atoms with Crippen LogP contribution in [0.1, 0.15) is 21.9 Å². The predicted octanol–water partition coefficient (Wildman–Crippen LogP) is 9.26. The fourth-order valence-corrected chi connectivity index (χ4v) is 12.2. The summed E-state index contributed by atoms with van der Waals surface area (Å²) in [6.45, 7) is 0. The van der Waals surface area contributed by atoms with Crippen LogP contribution in [-0.4, -0.2) is 17.2 Å². The van der Waals surface area contributed by atoms with Gasteiger partial charge < -0.3 is 9.13 Å². The summed E-state index contributed by atoms with van der Waals surface area (Å²) in [6.07, 6.45) is 0. The molecule has 0 aliphatic heterocycles. The summed E-state index contributed by atoms with van der Waals surface area (Å²) >= 11 is 0. The zero-order valence-electron chi connectivity index (χ0n) is 42.8. The van der Waals surface area contributed by atoms with Crippen molar-refractivity contribution >= 4 is 72.4 Å². The molecule has 10 aromatic rings. The van der Waals surface area contributed by atoms with Crippen LogP contribution in [0.15, 0.2) is 206 Å². The molecule has 0 radical (unpaired) electrons. The number of rotatable bonds is 6. The lowest BCUT2D eigenvalue weighted by atomic mass is 10.2. The third kappa shape index (κ3) is 4.49. The van der Waals surface area contributed by atoms with Crippen LogP contribution >= 0.6 is 0 Å². The monoisotopic (exact) mass is 682 g/mol. The van der Waals surface area contributed by atoms with Crippen LogP contribution in [0.4, 0.5) is 0 Å². The quantitative estimate of drug-likeness (QED) is 0.122. The summed E-state index contributed by atoms with van der Waals surface area (Å²) in [4.78, 5) is 0. The van der Waals surface area contributed by atoms with E-state index in [-0.39, 0.29) is 43.6 Å². The molecule has 0 atom stereocenters. The van der Waals surface area contributed by atoms with Crippen molar-refractivity contribution in [3.63, 3.8) is 0 Å². The Bertz CT molecular complexity index is 3340.